The molecule has 0 saturated carbocycles. The third-order valence-corrected chi connectivity index (χ3v) is 2.10. The first-order valence-corrected chi connectivity index (χ1v) is 4.94. The van der Waals surface area contributed by atoms with E-state index < -0.39 is 11.1 Å². The summed E-state index contributed by atoms with van der Waals surface area (Å²) in [7, 11) is 0. The van der Waals surface area contributed by atoms with Crippen molar-refractivity contribution >= 4 is 0 Å². The fraction of sp³-hybridized carbons (Fsp3) is 0.400. The standard InChI is InChI=1S/C10H14FN3O2/c11-9-4-2-1-3-8(9)5-6-13-10(12)7-14(15)16/h1-4,10,13H,5-7,12H2. The highest BCUT2D eigenvalue weighted by Gasteiger charge is 2.08. The third-order valence-electron chi connectivity index (χ3n) is 2.10. The van der Waals surface area contributed by atoms with Crippen molar-refractivity contribution in [3.8, 4) is 0 Å². The van der Waals surface area contributed by atoms with Crippen LogP contribution in [0.1, 0.15) is 5.56 Å². The number of nitrogens with two attached hydrogens (primary N) is 1. The molecule has 0 amide bonds. The summed E-state index contributed by atoms with van der Waals surface area (Å²) >= 11 is 0. The predicted octanol–water partition coefficient (Wildman–Crippen LogP) is 0.519. The van der Waals surface area contributed by atoms with Crippen molar-refractivity contribution in [2.75, 3.05) is 13.1 Å². The van der Waals surface area contributed by atoms with Crippen LogP contribution in [0.15, 0.2) is 24.3 Å². The average Bonchev–Trinajstić information content (AvgIpc) is 2.19. The van der Waals surface area contributed by atoms with Gasteiger partial charge in [0.2, 0.25) is 6.54 Å². The molecule has 0 aromatic heterocycles. The van der Waals surface area contributed by atoms with Gasteiger partial charge < -0.3 is 5.73 Å². The van der Waals surface area contributed by atoms with Crippen LogP contribution >= 0.6 is 0 Å². The topological polar surface area (TPSA) is 81.2 Å². The fourth-order valence-electron chi connectivity index (χ4n) is 1.32. The van der Waals surface area contributed by atoms with E-state index in [1.807, 2.05) is 0 Å². The van der Waals surface area contributed by atoms with Gasteiger partial charge in [0.05, 0.1) is 0 Å². The lowest BCUT2D eigenvalue weighted by molar-refractivity contribution is -0.483. The molecular formula is C10H14FN3O2. The van der Waals surface area contributed by atoms with Gasteiger partial charge in [0.15, 0.2) is 0 Å². The van der Waals surface area contributed by atoms with E-state index >= 15 is 0 Å². The van der Waals surface area contributed by atoms with E-state index in [0.29, 0.717) is 18.5 Å². The Hall–Kier alpha value is -1.53. The lowest BCUT2D eigenvalue weighted by atomic mass is 10.1. The highest BCUT2D eigenvalue weighted by Crippen LogP contribution is 2.05. The van der Waals surface area contributed by atoms with E-state index in [4.69, 9.17) is 5.73 Å². The molecule has 1 rings (SSSR count). The number of nitrogens with zero attached hydrogens (tertiary/aromatic N) is 1. The van der Waals surface area contributed by atoms with E-state index in [1.165, 1.54) is 6.07 Å². The van der Waals surface area contributed by atoms with E-state index in [-0.39, 0.29) is 12.4 Å². The van der Waals surface area contributed by atoms with Crippen LogP contribution in [-0.4, -0.2) is 24.2 Å². The summed E-state index contributed by atoms with van der Waals surface area (Å²) in [6.45, 7) is 0.0766. The molecule has 0 fully saturated rings. The molecular weight excluding hydrogens is 213 g/mol. The van der Waals surface area contributed by atoms with E-state index in [9.17, 15) is 14.5 Å². The summed E-state index contributed by atoms with van der Waals surface area (Å²) in [5, 5.41) is 12.9. The first kappa shape index (κ1) is 12.5. The summed E-state index contributed by atoms with van der Waals surface area (Å²) in [5.41, 5.74) is 6.00. The van der Waals surface area contributed by atoms with Gasteiger partial charge in [0.1, 0.15) is 12.0 Å². The summed E-state index contributed by atoms with van der Waals surface area (Å²) < 4.78 is 13.2. The molecule has 0 aliphatic heterocycles. The molecule has 0 radical (unpaired) electrons. The van der Waals surface area contributed by atoms with Gasteiger partial charge in [-0.3, -0.25) is 15.4 Å². The number of hydrogen-bond donors (Lipinski definition) is 2. The molecule has 1 unspecified atom stereocenters. The van der Waals surface area contributed by atoms with Gasteiger partial charge >= 0.3 is 0 Å². The average molecular weight is 227 g/mol. The minimum atomic E-state index is -0.693. The molecule has 16 heavy (non-hydrogen) atoms. The Balaban J connectivity index is 2.30. The van der Waals surface area contributed by atoms with Gasteiger partial charge in [-0.25, -0.2) is 4.39 Å². The van der Waals surface area contributed by atoms with E-state index in [1.54, 1.807) is 18.2 Å². The van der Waals surface area contributed by atoms with Crippen LogP contribution in [0.5, 0.6) is 0 Å². The normalized spacial score (nSPS) is 12.4. The summed E-state index contributed by atoms with van der Waals surface area (Å²) in [4.78, 5) is 9.64. The van der Waals surface area contributed by atoms with Crippen LogP contribution < -0.4 is 11.1 Å². The minimum absolute atomic E-state index is 0.271. The SMILES string of the molecule is NC(C[N+](=O)[O-])NCCc1ccccc1F. The molecule has 5 nitrogen and oxygen atoms in total. The van der Waals surface area contributed by atoms with Crippen molar-refractivity contribution in [2.45, 2.75) is 12.6 Å². The molecule has 3 N–H and O–H groups in total. The zero-order valence-electron chi connectivity index (χ0n) is 8.73. The number of benzene rings is 1. The van der Waals surface area contributed by atoms with Crippen LogP contribution in [0.4, 0.5) is 4.39 Å². The Morgan fingerprint density at radius 3 is 2.81 bits per heavy atom. The number of hydrogen-bond acceptors (Lipinski definition) is 4. The molecule has 0 aliphatic carbocycles. The maximum atomic E-state index is 13.2. The molecule has 1 atom stereocenters. The Labute approximate surface area is 92.6 Å². The minimum Gasteiger partial charge on any atom is -0.310 e. The Bertz CT molecular complexity index is 360. The second-order valence-corrected chi connectivity index (χ2v) is 3.42. The number of halogens is 1. The number of nitro groups is 1. The molecule has 88 valence electrons. The fourth-order valence-corrected chi connectivity index (χ4v) is 1.32. The maximum absolute atomic E-state index is 13.2. The molecule has 1 aromatic rings. The van der Waals surface area contributed by atoms with Gasteiger partial charge in [-0.15, -0.1) is 0 Å². The third kappa shape index (κ3) is 4.33. The zero-order valence-corrected chi connectivity index (χ0v) is 8.73. The number of rotatable bonds is 6. The molecule has 1 aromatic carbocycles. The lowest BCUT2D eigenvalue weighted by Crippen LogP contribution is -2.43. The van der Waals surface area contributed by atoms with Crippen molar-refractivity contribution < 1.29 is 9.31 Å². The summed E-state index contributed by atoms with van der Waals surface area (Å²) in [5.74, 6) is -0.271. The largest absolute Gasteiger partial charge is 0.310 e. The van der Waals surface area contributed by atoms with Crippen molar-refractivity contribution in [1.82, 2.24) is 5.32 Å². The highest BCUT2D eigenvalue weighted by atomic mass is 19.1. The van der Waals surface area contributed by atoms with Gasteiger partial charge in [0, 0.05) is 11.5 Å². The van der Waals surface area contributed by atoms with Crippen molar-refractivity contribution in [3.05, 3.63) is 45.8 Å². The second kappa shape index (κ2) is 6.14. The smallest absolute Gasteiger partial charge is 0.231 e. The molecule has 0 aliphatic rings. The molecule has 0 spiro atoms. The van der Waals surface area contributed by atoms with Crippen LogP contribution in [0.2, 0.25) is 0 Å². The van der Waals surface area contributed by atoms with Crippen LogP contribution in [0, 0.1) is 15.9 Å². The molecule has 0 heterocycles. The maximum Gasteiger partial charge on any atom is 0.231 e. The first-order valence-electron chi connectivity index (χ1n) is 4.94. The second-order valence-electron chi connectivity index (χ2n) is 3.42. The Morgan fingerprint density at radius 2 is 2.19 bits per heavy atom. The van der Waals surface area contributed by atoms with Crippen molar-refractivity contribution in [2.24, 2.45) is 5.73 Å². The molecule has 6 heteroatoms. The monoisotopic (exact) mass is 227 g/mol. The van der Waals surface area contributed by atoms with Gasteiger partial charge in [-0.2, -0.15) is 0 Å². The van der Waals surface area contributed by atoms with Crippen LogP contribution in [0.25, 0.3) is 0 Å². The summed E-state index contributed by atoms with van der Waals surface area (Å²) in [6.07, 6.45) is -0.236. The Morgan fingerprint density at radius 1 is 1.50 bits per heavy atom. The van der Waals surface area contributed by atoms with Crippen molar-refractivity contribution in [3.63, 3.8) is 0 Å². The highest BCUT2D eigenvalue weighted by molar-refractivity contribution is 5.17. The first-order chi connectivity index (χ1) is 7.59. The quantitative estimate of drug-likeness (QED) is 0.421. The van der Waals surface area contributed by atoms with E-state index in [2.05, 4.69) is 5.32 Å². The Kier molecular flexibility index (Phi) is 4.81. The zero-order chi connectivity index (χ0) is 12.0. The summed E-state index contributed by atoms with van der Waals surface area (Å²) in [6, 6.07) is 6.42. The van der Waals surface area contributed by atoms with E-state index in [0.717, 1.165) is 0 Å². The van der Waals surface area contributed by atoms with Gasteiger partial charge in [-0.1, -0.05) is 18.2 Å². The molecule has 0 bridgehead atoms. The predicted molar refractivity (Wildman–Crippen MR) is 57.9 cm³/mol. The number of nitrogens with one attached hydrogen (secondary N) is 1. The van der Waals surface area contributed by atoms with Crippen LogP contribution in [0.3, 0.4) is 0 Å². The van der Waals surface area contributed by atoms with Gasteiger partial charge in [-0.05, 0) is 18.1 Å². The lowest BCUT2D eigenvalue weighted by Gasteiger charge is -2.09. The van der Waals surface area contributed by atoms with Crippen molar-refractivity contribution in [1.29, 1.82) is 0 Å². The van der Waals surface area contributed by atoms with Gasteiger partial charge in [0.25, 0.3) is 0 Å². The molecule has 0 saturated heterocycles. The van der Waals surface area contributed by atoms with Crippen LogP contribution in [-0.2, 0) is 6.42 Å².